The largest absolute Gasteiger partial charge is 0.338 e. The zero-order chi connectivity index (χ0) is 16.4. The van der Waals surface area contributed by atoms with Crippen LogP contribution in [-0.2, 0) is 0 Å². The van der Waals surface area contributed by atoms with Crippen molar-refractivity contribution in [3.8, 4) is 0 Å². The molecule has 2 fully saturated rings. The molecule has 1 amide bonds. The predicted octanol–water partition coefficient (Wildman–Crippen LogP) is 3.16. The second kappa shape index (κ2) is 6.51. The van der Waals surface area contributed by atoms with Crippen molar-refractivity contribution in [1.29, 1.82) is 0 Å². The fourth-order valence-electron chi connectivity index (χ4n) is 3.34. The van der Waals surface area contributed by atoms with Crippen LogP contribution in [0, 0.1) is 5.82 Å². The molecule has 0 aromatic heterocycles. The fraction of sp³-hybridized carbons (Fsp3) is 0.588. The molecule has 1 N–H and O–H groups in total. The van der Waals surface area contributed by atoms with E-state index in [4.69, 9.17) is 0 Å². The Kier molecular flexibility index (Phi) is 4.62. The molecule has 1 aromatic carbocycles. The summed E-state index contributed by atoms with van der Waals surface area (Å²) in [4.78, 5) is 13.7. The lowest BCUT2D eigenvalue weighted by atomic mass is 9.89. The van der Waals surface area contributed by atoms with Crippen molar-refractivity contribution >= 4 is 5.91 Å². The van der Waals surface area contributed by atoms with Crippen LogP contribution in [0.2, 0.25) is 0 Å². The SMILES string of the molecule is O=C(c1ccc(C2CCNCC2)c(F)c1)N1CCC(F)(F)CC1. The summed E-state index contributed by atoms with van der Waals surface area (Å²) >= 11 is 0. The first-order chi connectivity index (χ1) is 11.0. The van der Waals surface area contributed by atoms with Crippen LogP contribution >= 0.6 is 0 Å². The quantitative estimate of drug-likeness (QED) is 0.905. The molecule has 1 aromatic rings. The van der Waals surface area contributed by atoms with Gasteiger partial charge in [0.2, 0.25) is 0 Å². The Hall–Kier alpha value is -1.56. The van der Waals surface area contributed by atoms with Gasteiger partial charge in [-0.3, -0.25) is 4.79 Å². The Bertz CT molecular complexity index is 575. The third kappa shape index (κ3) is 3.68. The summed E-state index contributed by atoms with van der Waals surface area (Å²) < 4.78 is 40.7. The molecule has 3 rings (SSSR count). The lowest BCUT2D eigenvalue weighted by molar-refractivity contribution is -0.0494. The third-order valence-electron chi connectivity index (χ3n) is 4.81. The number of alkyl halides is 2. The van der Waals surface area contributed by atoms with Crippen molar-refractivity contribution in [2.75, 3.05) is 26.2 Å². The van der Waals surface area contributed by atoms with E-state index >= 15 is 0 Å². The first-order valence-electron chi connectivity index (χ1n) is 8.13. The summed E-state index contributed by atoms with van der Waals surface area (Å²) in [5.41, 5.74) is 0.888. The minimum Gasteiger partial charge on any atom is -0.338 e. The van der Waals surface area contributed by atoms with Gasteiger partial charge in [0, 0.05) is 31.5 Å². The van der Waals surface area contributed by atoms with Crippen molar-refractivity contribution in [1.82, 2.24) is 10.2 Å². The number of nitrogens with zero attached hydrogens (tertiary/aromatic N) is 1. The summed E-state index contributed by atoms with van der Waals surface area (Å²) in [6.07, 6.45) is 1.11. The van der Waals surface area contributed by atoms with Gasteiger partial charge in [0.05, 0.1) is 0 Å². The number of amides is 1. The van der Waals surface area contributed by atoms with Gasteiger partial charge in [0.25, 0.3) is 11.8 Å². The number of carbonyl (C=O) groups excluding carboxylic acids is 1. The Morgan fingerprint density at radius 1 is 1.17 bits per heavy atom. The lowest BCUT2D eigenvalue weighted by Gasteiger charge is -2.32. The first kappa shape index (κ1) is 16.3. The van der Waals surface area contributed by atoms with Crippen molar-refractivity contribution in [2.45, 2.75) is 37.5 Å². The van der Waals surface area contributed by atoms with Crippen LogP contribution in [0.1, 0.15) is 47.5 Å². The molecule has 0 atom stereocenters. The van der Waals surface area contributed by atoms with Gasteiger partial charge in [-0.2, -0.15) is 0 Å². The number of likely N-dealkylation sites (tertiary alicyclic amines) is 1. The van der Waals surface area contributed by atoms with E-state index in [1.54, 1.807) is 12.1 Å². The van der Waals surface area contributed by atoms with Gasteiger partial charge in [0.1, 0.15) is 5.82 Å². The van der Waals surface area contributed by atoms with Gasteiger partial charge in [0.15, 0.2) is 0 Å². The Morgan fingerprint density at radius 2 is 1.83 bits per heavy atom. The van der Waals surface area contributed by atoms with Crippen LogP contribution in [-0.4, -0.2) is 42.9 Å². The molecule has 6 heteroatoms. The van der Waals surface area contributed by atoms with Gasteiger partial charge >= 0.3 is 0 Å². The minimum atomic E-state index is -2.69. The molecule has 0 spiro atoms. The van der Waals surface area contributed by atoms with Gasteiger partial charge in [-0.15, -0.1) is 0 Å². The van der Waals surface area contributed by atoms with Gasteiger partial charge in [-0.05, 0) is 49.5 Å². The highest BCUT2D eigenvalue weighted by Gasteiger charge is 2.35. The summed E-state index contributed by atoms with van der Waals surface area (Å²) in [5, 5.41) is 3.24. The molecule has 0 saturated carbocycles. The summed E-state index contributed by atoms with van der Waals surface area (Å²) in [6, 6.07) is 4.55. The number of rotatable bonds is 2. The van der Waals surface area contributed by atoms with Crippen LogP contribution in [0.3, 0.4) is 0 Å². The van der Waals surface area contributed by atoms with E-state index in [9.17, 15) is 18.0 Å². The molecule has 2 aliphatic rings. The summed E-state index contributed by atoms with van der Waals surface area (Å²) in [5.74, 6) is -3.25. The van der Waals surface area contributed by atoms with Crippen LogP contribution in [0.15, 0.2) is 18.2 Å². The standard InChI is InChI=1S/C17H21F3N2O/c18-15-11-13(1-2-14(15)12-3-7-21-8-4-12)16(23)22-9-5-17(19,20)6-10-22/h1-2,11-12,21H,3-10H2. The van der Waals surface area contributed by atoms with Crippen LogP contribution in [0.4, 0.5) is 13.2 Å². The molecule has 0 radical (unpaired) electrons. The smallest absolute Gasteiger partial charge is 0.253 e. The molecular weight excluding hydrogens is 305 g/mol. The van der Waals surface area contributed by atoms with Crippen LogP contribution in [0.5, 0.6) is 0 Å². The second-order valence-electron chi connectivity index (χ2n) is 6.41. The molecule has 23 heavy (non-hydrogen) atoms. The van der Waals surface area contributed by atoms with Crippen molar-refractivity contribution < 1.29 is 18.0 Å². The number of nitrogens with one attached hydrogen (secondary N) is 1. The van der Waals surface area contributed by atoms with Crippen molar-refractivity contribution in [3.63, 3.8) is 0 Å². The van der Waals surface area contributed by atoms with Crippen LogP contribution in [0.25, 0.3) is 0 Å². The molecule has 0 aliphatic carbocycles. The van der Waals surface area contributed by atoms with Crippen LogP contribution < -0.4 is 5.32 Å². The third-order valence-corrected chi connectivity index (χ3v) is 4.81. The zero-order valence-electron chi connectivity index (χ0n) is 13.0. The zero-order valence-corrected chi connectivity index (χ0v) is 13.0. The minimum absolute atomic E-state index is 0.0174. The highest BCUT2D eigenvalue weighted by molar-refractivity contribution is 5.94. The fourth-order valence-corrected chi connectivity index (χ4v) is 3.34. The topological polar surface area (TPSA) is 32.3 Å². The lowest BCUT2D eigenvalue weighted by Crippen LogP contribution is -2.42. The number of benzene rings is 1. The number of halogens is 3. The Morgan fingerprint density at radius 3 is 2.43 bits per heavy atom. The maximum atomic E-state index is 14.4. The first-order valence-corrected chi connectivity index (χ1v) is 8.13. The van der Waals surface area contributed by atoms with Gasteiger partial charge in [-0.1, -0.05) is 6.07 Å². The van der Waals surface area contributed by atoms with E-state index < -0.39 is 5.92 Å². The average molecular weight is 326 g/mol. The molecule has 2 saturated heterocycles. The highest BCUT2D eigenvalue weighted by Crippen LogP contribution is 2.30. The molecule has 126 valence electrons. The second-order valence-corrected chi connectivity index (χ2v) is 6.41. The van der Waals surface area contributed by atoms with E-state index in [2.05, 4.69) is 5.32 Å². The average Bonchev–Trinajstić information content (AvgIpc) is 2.55. The normalized spacial score (nSPS) is 22.1. The number of hydrogen-bond acceptors (Lipinski definition) is 2. The van der Waals surface area contributed by atoms with Gasteiger partial charge < -0.3 is 10.2 Å². The van der Waals surface area contributed by atoms with E-state index in [0.29, 0.717) is 5.56 Å². The molecule has 0 bridgehead atoms. The van der Waals surface area contributed by atoms with E-state index in [1.807, 2.05) is 0 Å². The van der Waals surface area contributed by atoms with Crippen molar-refractivity contribution in [3.05, 3.63) is 35.1 Å². The van der Waals surface area contributed by atoms with E-state index in [0.717, 1.165) is 25.9 Å². The maximum absolute atomic E-state index is 14.4. The predicted molar refractivity (Wildman–Crippen MR) is 81.3 cm³/mol. The van der Waals surface area contributed by atoms with E-state index in [-0.39, 0.29) is 49.1 Å². The summed E-state index contributed by atoms with van der Waals surface area (Å²) in [6.45, 7) is 1.77. The van der Waals surface area contributed by atoms with Crippen molar-refractivity contribution in [2.24, 2.45) is 0 Å². The molecule has 3 nitrogen and oxygen atoms in total. The number of hydrogen-bond donors (Lipinski definition) is 1. The van der Waals surface area contributed by atoms with E-state index in [1.165, 1.54) is 11.0 Å². The van der Waals surface area contributed by atoms with Gasteiger partial charge in [-0.25, -0.2) is 13.2 Å². The maximum Gasteiger partial charge on any atom is 0.253 e. The Balaban J connectivity index is 1.71. The number of carbonyl (C=O) groups is 1. The monoisotopic (exact) mass is 326 g/mol. The number of piperidine rings is 2. The highest BCUT2D eigenvalue weighted by atomic mass is 19.3. The molecule has 2 heterocycles. The summed E-state index contributed by atoms with van der Waals surface area (Å²) in [7, 11) is 0. The Labute approximate surface area is 133 Å². The molecule has 0 unspecified atom stereocenters. The molecule has 2 aliphatic heterocycles. The molecular formula is C17H21F3N2O.